The van der Waals surface area contributed by atoms with Gasteiger partial charge in [0.05, 0.1) is 89.0 Å². The van der Waals surface area contributed by atoms with Crippen LogP contribution in [0.4, 0.5) is 14.0 Å². The zero-order valence-electron chi connectivity index (χ0n) is 43.1. The first-order valence-corrected chi connectivity index (χ1v) is 27.1. The number of H-pyrrole nitrogens is 2. The zero-order chi connectivity index (χ0) is 52.2. The first kappa shape index (κ1) is 49.1. The molecule has 6 aromatic rings. The molecule has 2 aromatic carbocycles. The normalized spacial score (nSPS) is 26.0. The molecule has 2 saturated carbocycles. The third-order valence-corrected chi connectivity index (χ3v) is 17.9. The Morgan fingerprint density at radius 3 is 2.27 bits per heavy atom. The maximum absolute atomic E-state index is 17.1. The summed E-state index contributed by atoms with van der Waals surface area (Å²) in [6.45, 7) is 10.5. The standard InChI is InChI=1S/C55H63FN10O8S/c1-26(2)45(62-53(69)71-6)49(67)64-14-8-9-38(64)47-57-24-36(61-47)30-18-34(56)44-40-20-31-17-29(10-11-37(31)66(40)51(74-42(44)22-30)43-25-59-52(75-43)55(5)12-13-55)35-23-58-48(60-35)41-21-32-19-39(32)65(41)50(68)46(63-54(70)72-7)33-15-27(3)73-28(4)16-33/h10-11,17-18,20,22-28,32-33,38-39,41,45-46,51H,8-9,12-16,19,21H2,1-7H3,(H,57,61)(H,58,60)(H,62,69)(H,63,70)/t27-,28+,32-,33?,38+,39-,41+,45+,46?,51?/m1/s1. The van der Waals surface area contributed by atoms with Crippen LogP contribution in [0.2, 0.25) is 0 Å². The molecule has 18 nitrogen and oxygen atoms in total. The van der Waals surface area contributed by atoms with E-state index in [9.17, 15) is 19.2 Å². The van der Waals surface area contributed by atoms with Gasteiger partial charge in [-0.3, -0.25) is 14.2 Å². The fraction of sp³-hybridized carbons (Fsp3) is 0.509. The molecule has 394 valence electrons. The number of thiazole rings is 1. The maximum atomic E-state index is 17.1. The molecule has 3 unspecified atom stereocenters. The molecule has 0 spiro atoms. The van der Waals surface area contributed by atoms with Gasteiger partial charge in [0.15, 0.2) is 0 Å². The van der Waals surface area contributed by atoms with Crippen LogP contribution in [0, 0.1) is 23.6 Å². The molecule has 3 saturated heterocycles. The molecular weight excluding hydrogens is 980 g/mol. The summed E-state index contributed by atoms with van der Waals surface area (Å²) < 4.78 is 41.9. The second-order valence-corrected chi connectivity index (χ2v) is 23.2. The molecule has 0 radical (unpaired) electrons. The molecule has 2 aliphatic carbocycles. The van der Waals surface area contributed by atoms with Gasteiger partial charge in [0.25, 0.3) is 0 Å². The van der Waals surface area contributed by atoms with Crippen molar-refractivity contribution in [3.05, 3.63) is 82.3 Å². The molecule has 12 rings (SSSR count). The quantitative estimate of drug-likeness (QED) is 0.0907. The molecule has 75 heavy (non-hydrogen) atoms. The first-order valence-electron chi connectivity index (χ1n) is 26.3. The SMILES string of the molecule is COC(=O)NC(C(=O)N1[C@@H]2C[C@@H]2C[C@H]1c1ncc(-c2ccc3c(c2)cc2n3C(c3cnc(C4(C)CC4)s3)Oc3cc(-c4cnc([C@@H]5CCCN5C(=O)[C@@H](NC(=O)OC)C(C)C)[nH]4)cc(F)c3-2)[nH]1)C1C[C@@H](C)O[C@@H](C)C1. The highest BCUT2D eigenvalue weighted by Crippen LogP contribution is 2.55. The Morgan fingerprint density at radius 2 is 1.56 bits per heavy atom. The molecule has 0 bridgehead atoms. The number of alkyl carbamates (subject to hydrolysis) is 2. The number of hydrogen-bond acceptors (Lipinski definition) is 12. The van der Waals surface area contributed by atoms with E-state index in [0.717, 1.165) is 64.1 Å². The zero-order valence-corrected chi connectivity index (χ0v) is 44.0. The number of hydrogen-bond donors (Lipinski definition) is 4. The third-order valence-electron chi connectivity index (χ3n) is 16.6. The lowest BCUT2D eigenvalue weighted by molar-refractivity contribution is -0.140. The number of likely N-dealkylation sites (tertiary alicyclic amines) is 2. The predicted molar refractivity (Wildman–Crippen MR) is 276 cm³/mol. The van der Waals surface area contributed by atoms with Gasteiger partial charge < -0.3 is 49.3 Å². The van der Waals surface area contributed by atoms with E-state index in [0.29, 0.717) is 71.6 Å². The summed E-state index contributed by atoms with van der Waals surface area (Å²) in [6.07, 6.45) is 9.83. The van der Waals surface area contributed by atoms with Crippen molar-refractivity contribution in [1.29, 1.82) is 0 Å². The Balaban J connectivity index is 0.855. The highest BCUT2D eigenvalue weighted by Gasteiger charge is 2.57. The van der Waals surface area contributed by atoms with Gasteiger partial charge in [-0.05, 0) is 113 Å². The fourth-order valence-electron chi connectivity index (χ4n) is 12.3. The van der Waals surface area contributed by atoms with Crippen LogP contribution in [0.15, 0.2) is 55.0 Å². The number of halogens is 1. The summed E-state index contributed by atoms with van der Waals surface area (Å²) in [5, 5.41) is 7.52. The van der Waals surface area contributed by atoms with E-state index in [4.69, 9.17) is 33.9 Å². The number of aromatic nitrogens is 6. The van der Waals surface area contributed by atoms with E-state index in [1.165, 1.54) is 20.3 Å². The molecule has 4 N–H and O–H groups in total. The molecule has 20 heteroatoms. The van der Waals surface area contributed by atoms with Gasteiger partial charge in [0, 0.05) is 40.7 Å². The molecular formula is C55H63FN10O8S. The van der Waals surface area contributed by atoms with Crippen LogP contribution >= 0.6 is 11.3 Å². The van der Waals surface area contributed by atoms with Gasteiger partial charge in [-0.25, -0.2) is 28.9 Å². The second-order valence-electron chi connectivity index (χ2n) is 22.2. The summed E-state index contributed by atoms with van der Waals surface area (Å²) >= 11 is 1.62. The van der Waals surface area contributed by atoms with Crippen LogP contribution < -0.4 is 15.4 Å². The van der Waals surface area contributed by atoms with Gasteiger partial charge in [-0.15, -0.1) is 11.3 Å². The Morgan fingerprint density at radius 1 is 0.853 bits per heavy atom. The average Bonchev–Trinajstić information content (AvgIpc) is 3.95. The Hall–Kier alpha value is -6.80. The minimum absolute atomic E-state index is 0.0344. The van der Waals surface area contributed by atoms with Crippen molar-refractivity contribution >= 4 is 46.2 Å². The number of carbonyl (C=O) groups is 4. The van der Waals surface area contributed by atoms with Crippen LogP contribution in [0.25, 0.3) is 44.7 Å². The molecule has 8 heterocycles. The molecule has 4 aliphatic heterocycles. The molecule has 4 aromatic heterocycles. The lowest BCUT2D eigenvalue weighted by atomic mass is 9.85. The molecule has 4 amide bonds. The summed E-state index contributed by atoms with van der Waals surface area (Å²) in [5.74, 6) is 0.877. The minimum atomic E-state index is -0.777. The average molecular weight is 1040 g/mol. The monoisotopic (exact) mass is 1040 g/mol. The number of aromatic amines is 2. The van der Waals surface area contributed by atoms with Gasteiger partial charge >= 0.3 is 12.2 Å². The molecule has 10 atom stereocenters. The van der Waals surface area contributed by atoms with Crippen molar-refractivity contribution < 1.29 is 42.5 Å². The Kier molecular flexibility index (Phi) is 12.3. The third kappa shape index (κ3) is 8.80. The van der Waals surface area contributed by atoms with E-state index in [2.05, 4.69) is 38.2 Å². The number of methoxy groups -OCH3 is 2. The van der Waals surface area contributed by atoms with Crippen molar-refractivity contribution in [3.8, 4) is 39.5 Å². The van der Waals surface area contributed by atoms with Crippen molar-refractivity contribution in [2.75, 3.05) is 20.8 Å². The van der Waals surface area contributed by atoms with Crippen molar-refractivity contribution in [2.24, 2.45) is 17.8 Å². The summed E-state index contributed by atoms with van der Waals surface area (Å²) in [4.78, 5) is 79.5. The van der Waals surface area contributed by atoms with Crippen LogP contribution in [-0.2, 0) is 29.2 Å². The predicted octanol–water partition coefficient (Wildman–Crippen LogP) is 9.31. The molecule has 5 fully saturated rings. The van der Waals surface area contributed by atoms with Crippen molar-refractivity contribution in [1.82, 2.24) is 49.9 Å². The number of fused-ring (bicyclic) bond motifs is 6. The number of rotatable bonds is 12. The number of nitrogens with zero attached hydrogens (tertiary/aromatic N) is 6. The number of imidazole rings is 2. The number of carbonyl (C=O) groups excluding carboxylic acids is 4. The maximum Gasteiger partial charge on any atom is 0.407 e. The summed E-state index contributed by atoms with van der Waals surface area (Å²) in [7, 11) is 2.58. The van der Waals surface area contributed by atoms with E-state index >= 15 is 4.39 Å². The van der Waals surface area contributed by atoms with Crippen LogP contribution in [0.5, 0.6) is 5.75 Å². The van der Waals surface area contributed by atoms with Gasteiger partial charge in [0.2, 0.25) is 18.0 Å². The van der Waals surface area contributed by atoms with Crippen molar-refractivity contribution in [2.45, 2.75) is 140 Å². The van der Waals surface area contributed by atoms with Gasteiger partial charge in [0.1, 0.15) is 35.3 Å². The van der Waals surface area contributed by atoms with Crippen LogP contribution in [0.1, 0.15) is 126 Å². The van der Waals surface area contributed by atoms with E-state index in [1.54, 1.807) is 28.6 Å². The van der Waals surface area contributed by atoms with Gasteiger partial charge in [-0.1, -0.05) is 26.8 Å². The fourth-order valence-corrected chi connectivity index (χ4v) is 13.5. The van der Waals surface area contributed by atoms with Crippen LogP contribution in [0.3, 0.4) is 0 Å². The lowest BCUT2D eigenvalue weighted by Crippen LogP contribution is -2.55. The van der Waals surface area contributed by atoms with E-state index in [-0.39, 0.29) is 59.4 Å². The number of benzene rings is 2. The Labute approximate surface area is 437 Å². The Bertz CT molecular complexity index is 3220. The highest BCUT2D eigenvalue weighted by molar-refractivity contribution is 7.11. The van der Waals surface area contributed by atoms with Crippen molar-refractivity contribution in [3.63, 3.8) is 0 Å². The largest absolute Gasteiger partial charge is 0.464 e. The van der Waals surface area contributed by atoms with Crippen LogP contribution in [-0.4, -0.2) is 114 Å². The number of nitrogens with one attached hydrogen (secondary N) is 4. The summed E-state index contributed by atoms with van der Waals surface area (Å²) in [5.41, 5.74) is 4.62. The highest BCUT2D eigenvalue weighted by atomic mass is 32.1. The topological polar surface area (TPSA) is 211 Å². The van der Waals surface area contributed by atoms with E-state index in [1.807, 2.05) is 63.1 Å². The minimum Gasteiger partial charge on any atom is -0.464 e. The number of amides is 4. The number of ether oxygens (including phenoxy) is 4. The molecule has 6 aliphatic rings. The van der Waals surface area contributed by atoms with E-state index < -0.39 is 36.3 Å². The smallest absolute Gasteiger partial charge is 0.407 e. The summed E-state index contributed by atoms with van der Waals surface area (Å²) in [6, 6.07) is 9.34. The van der Waals surface area contributed by atoms with Gasteiger partial charge in [-0.2, -0.15) is 0 Å². The second kappa shape index (κ2) is 18.8. The number of piperidine rings is 1. The first-order chi connectivity index (χ1) is 36.1. The lowest BCUT2D eigenvalue weighted by Gasteiger charge is -2.38.